The number of carbonyl (C=O) groups excluding carboxylic acids is 2. The number of amides is 2. The molecule has 10 heteroatoms. The van der Waals surface area contributed by atoms with E-state index in [0.29, 0.717) is 47.4 Å². The summed E-state index contributed by atoms with van der Waals surface area (Å²) in [5, 5.41) is 16.4. The highest BCUT2D eigenvalue weighted by atomic mass is 35.5. The van der Waals surface area contributed by atoms with Gasteiger partial charge in [-0.25, -0.2) is 14.8 Å². The number of ether oxygens (including phenoxy) is 1. The monoisotopic (exact) mass is 546 g/mol. The fourth-order valence-corrected chi connectivity index (χ4v) is 4.54. The van der Waals surface area contributed by atoms with E-state index in [9.17, 15) is 14.9 Å². The van der Waals surface area contributed by atoms with E-state index in [1.54, 1.807) is 50.1 Å². The highest BCUT2D eigenvalue weighted by Gasteiger charge is 2.29. The van der Waals surface area contributed by atoms with Crippen LogP contribution in [-0.4, -0.2) is 46.7 Å². The van der Waals surface area contributed by atoms with Gasteiger partial charge in [-0.05, 0) is 69.5 Å². The maximum atomic E-state index is 13.2. The molecule has 0 saturated heterocycles. The first kappa shape index (κ1) is 27.9. The highest BCUT2D eigenvalue weighted by Crippen LogP contribution is 2.36. The van der Waals surface area contributed by atoms with Gasteiger partial charge in [-0.1, -0.05) is 29.8 Å². The molecular weight excluding hydrogens is 516 g/mol. The number of rotatable bonds is 7. The third-order valence-corrected chi connectivity index (χ3v) is 6.43. The topological polar surface area (TPSA) is 120 Å². The predicted molar refractivity (Wildman–Crippen MR) is 151 cm³/mol. The van der Waals surface area contributed by atoms with Gasteiger partial charge in [-0.2, -0.15) is 5.26 Å². The summed E-state index contributed by atoms with van der Waals surface area (Å²) < 4.78 is 5.26. The van der Waals surface area contributed by atoms with Crippen LogP contribution in [-0.2, 0) is 22.4 Å². The number of nitrogens with one attached hydrogen (secondary N) is 2. The fraction of sp³-hybridized carbons (Fsp3) is 0.345. The second-order valence-corrected chi connectivity index (χ2v) is 10.8. The van der Waals surface area contributed by atoms with Crippen molar-refractivity contribution >= 4 is 35.2 Å². The predicted octanol–water partition coefficient (Wildman–Crippen LogP) is 5.13. The highest BCUT2D eigenvalue weighted by molar-refractivity contribution is 6.31. The molecule has 0 saturated carbocycles. The first-order chi connectivity index (χ1) is 18.5. The first-order valence-electron chi connectivity index (χ1n) is 12.7. The fourth-order valence-electron chi connectivity index (χ4n) is 4.34. The summed E-state index contributed by atoms with van der Waals surface area (Å²) in [4.78, 5) is 35.7. The molecule has 1 atom stereocenters. The summed E-state index contributed by atoms with van der Waals surface area (Å²) >= 11 is 6.26. The summed E-state index contributed by atoms with van der Waals surface area (Å²) in [7, 11) is 0. The number of hydrogen-bond acceptors (Lipinski definition) is 7. The molecule has 2 amide bonds. The van der Waals surface area contributed by atoms with E-state index in [1.165, 1.54) is 0 Å². The molecule has 3 aromatic rings. The molecule has 0 aliphatic carbocycles. The van der Waals surface area contributed by atoms with Gasteiger partial charge < -0.3 is 20.3 Å². The molecule has 202 valence electrons. The van der Waals surface area contributed by atoms with Crippen molar-refractivity contribution in [1.29, 1.82) is 5.26 Å². The Morgan fingerprint density at radius 2 is 2.00 bits per heavy atom. The molecule has 1 aliphatic heterocycles. The minimum Gasteiger partial charge on any atom is -0.444 e. The van der Waals surface area contributed by atoms with Crippen LogP contribution in [0.2, 0.25) is 5.02 Å². The van der Waals surface area contributed by atoms with Crippen LogP contribution in [0.25, 0.3) is 11.3 Å². The van der Waals surface area contributed by atoms with Gasteiger partial charge in [0.2, 0.25) is 11.9 Å². The van der Waals surface area contributed by atoms with Gasteiger partial charge in [0.1, 0.15) is 11.7 Å². The van der Waals surface area contributed by atoms with E-state index < -0.39 is 11.7 Å². The van der Waals surface area contributed by atoms with Crippen LogP contribution >= 0.6 is 11.6 Å². The summed E-state index contributed by atoms with van der Waals surface area (Å²) in [6.45, 7) is 8.12. The number of benzene rings is 2. The van der Waals surface area contributed by atoms with Crippen LogP contribution in [0.5, 0.6) is 0 Å². The zero-order chi connectivity index (χ0) is 28.2. The van der Waals surface area contributed by atoms with Gasteiger partial charge in [0.15, 0.2) is 0 Å². The average molecular weight is 547 g/mol. The number of halogens is 1. The number of aromatic nitrogens is 2. The van der Waals surface area contributed by atoms with Crippen molar-refractivity contribution in [2.24, 2.45) is 0 Å². The maximum Gasteiger partial charge on any atom is 0.407 e. The van der Waals surface area contributed by atoms with Gasteiger partial charge in [-0.3, -0.25) is 4.79 Å². The minimum absolute atomic E-state index is 0.103. The molecule has 1 aliphatic rings. The molecule has 2 aromatic carbocycles. The van der Waals surface area contributed by atoms with Gasteiger partial charge >= 0.3 is 6.09 Å². The SMILES string of the molecule is CC(CNC(=O)OC(C)(C)C)Nc1nccc(-c2cc(C#N)c3c(c2)CCN3C(=O)Cc2ccccc2Cl)n1. The van der Waals surface area contributed by atoms with Crippen LogP contribution in [0.15, 0.2) is 48.7 Å². The molecule has 0 fully saturated rings. The summed E-state index contributed by atoms with van der Waals surface area (Å²) in [6.07, 6.45) is 1.94. The van der Waals surface area contributed by atoms with Gasteiger partial charge in [0, 0.05) is 35.9 Å². The largest absolute Gasteiger partial charge is 0.444 e. The molecule has 1 unspecified atom stereocenters. The molecule has 0 spiro atoms. The van der Waals surface area contributed by atoms with E-state index >= 15 is 0 Å². The first-order valence-corrected chi connectivity index (χ1v) is 13.1. The van der Waals surface area contributed by atoms with Crippen molar-refractivity contribution in [2.45, 2.75) is 52.2 Å². The Labute approximate surface area is 233 Å². The number of alkyl carbamates (subject to hydrolysis) is 1. The van der Waals surface area contributed by atoms with Crippen LogP contribution in [0.1, 0.15) is 44.4 Å². The van der Waals surface area contributed by atoms with Crippen molar-refractivity contribution in [3.63, 3.8) is 0 Å². The summed E-state index contributed by atoms with van der Waals surface area (Å²) in [5.41, 5.74) is 3.55. The van der Waals surface area contributed by atoms with Crippen molar-refractivity contribution in [3.8, 4) is 17.3 Å². The molecule has 4 rings (SSSR count). The zero-order valence-electron chi connectivity index (χ0n) is 22.4. The average Bonchev–Trinajstić information content (AvgIpc) is 3.32. The van der Waals surface area contributed by atoms with Crippen LogP contribution in [0.4, 0.5) is 16.4 Å². The number of nitriles is 1. The molecule has 9 nitrogen and oxygen atoms in total. The number of hydrogen-bond donors (Lipinski definition) is 2. The molecule has 1 aromatic heterocycles. The lowest BCUT2D eigenvalue weighted by atomic mass is 10.0. The van der Waals surface area contributed by atoms with Crippen LogP contribution in [0.3, 0.4) is 0 Å². The van der Waals surface area contributed by atoms with Crippen molar-refractivity contribution in [2.75, 3.05) is 23.3 Å². The molecule has 2 N–H and O–H groups in total. The van der Waals surface area contributed by atoms with Crippen molar-refractivity contribution in [3.05, 3.63) is 70.4 Å². The Bertz CT molecular complexity index is 1430. The lowest BCUT2D eigenvalue weighted by molar-refractivity contribution is -0.117. The maximum absolute atomic E-state index is 13.2. The zero-order valence-corrected chi connectivity index (χ0v) is 23.2. The summed E-state index contributed by atoms with van der Waals surface area (Å²) in [6, 6.07) is 14.9. The number of fused-ring (bicyclic) bond motifs is 1. The Morgan fingerprint density at radius 1 is 1.23 bits per heavy atom. The van der Waals surface area contributed by atoms with E-state index in [0.717, 1.165) is 16.7 Å². The van der Waals surface area contributed by atoms with Crippen LogP contribution in [0, 0.1) is 11.3 Å². The minimum atomic E-state index is -0.573. The summed E-state index contributed by atoms with van der Waals surface area (Å²) in [5.74, 6) is 0.287. The van der Waals surface area contributed by atoms with Gasteiger partial charge in [0.05, 0.1) is 23.4 Å². The van der Waals surface area contributed by atoms with Crippen molar-refractivity contribution < 1.29 is 14.3 Å². The van der Waals surface area contributed by atoms with E-state index in [-0.39, 0.29) is 18.4 Å². The lowest BCUT2D eigenvalue weighted by Gasteiger charge is -2.21. The molecular formula is C29H31ClN6O3. The number of anilines is 2. The van der Waals surface area contributed by atoms with E-state index in [1.807, 2.05) is 31.2 Å². The molecule has 39 heavy (non-hydrogen) atoms. The molecule has 2 heterocycles. The van der Waals surface area contributed by atoms with Crippen LogP contribution < -0.4 is 15.5 Å². The van der Waals surface area contributed by atoms with Crippen molar-refractivity contribution in [1.82, 2.24) is 15.3 Å². The smallest absolute Gasteiger partial charge is 0.407 e. The third kappa shape index (κ3) is 7.03. The van der Waals surface area contributed by atoms with Gasteiger partial charge in [-0.15, -0.1) is 0 Å². The normalized spacial score (nSPS) is 13.3. The number of nitrogens with zero attached hydrogens (tertiary/aromatic N) is 4. The van der Waals surface area contributed by atoms with E-state index in [2.05, 4.69) is 26.7 Å². The standard InChI is InChI=1S/C29H31ClN6O3/c1-18(17-33-28(38)39-29(2,3)4)34-27-32-11-9-24(35-27)21-13-20-10-12-36(26(20)22(14-21)16-31)25(37)15-19-7-5-6-8-23(19)30/h5-9,11,13-14,18H,10,12,15,17H2,1-4H3,(H,33,38)(H,32,34,35). The number of carbonyl (C=O) groups is 2. The lowest BCUT2D eigenvalue weighted by Crippen LogP contribution is -2.38. The second kappa shape index (κ2) is 11.7. The Morgan fingerprint density at radius 3 is 2.72 bits per heavy atom. The quantitative estimate of drug-likeness (QED) is 0.421. The van der Waals surface area contributed by atoms with Gasteiger partial charge in [0.25, 0.3) is 0 Å². The second-order valence-electron chi connectivity index (χ2n) is 10.4. The van der Waals surface area contributed by atoms with E-state index in [4.69, 9.17) is 16.3 Å². The molecule has 0 bridgehead atoms. The molecule has 0 radical (unpaired) electrons. The third-order valence-electron chi connectivity index (χ3n) is 6.06. The Kier molecular flexibility index (Phi) is 8.36. The Hall–Kier alpha value is -4.16. The Balaban J connectivity index is 1.48.